The van der Waals surface area contributed by atoms with Crippen molar-refractivity contribution in [2.24, 2.45) is 0 Å². The van der Waals surface area contributed by atoms with Crippen LogP contribution >= 0.6 is 11.3 Å². The summed E-state index contributed by atoms with van der Waals surface area (Å²) in [5.74, 6) is -0.549. The second-order valence-electron chi connectivity index (χ2n) is 12.2. The molecule has 2 aliphatic heterocycles. The molecule has 2 aliphatic rings. The molecule has 1 amide bonds. The van der Waals surface area contributed by atoms with E-state index in [1.807, 2.05) is 10.6 Å². The number of piperazine rings is 1. The topological polar surface area (TPSA) is 93.3 Å². The Morgan fingerprint density at radius 3 is 2.47 bits per heavy atom. The van der Waals surface area contributed by atoms with Gasteiger partial charge in [-0.3, -0.25) is 14.6 Å². The number of halogens is 5. The van der Waals surface area contributed by atoms with Crippen LogP contribution in [0.15, 0.2) is 30.6 Å². The molecule has 0 unspecified atom stereocenters. The normalized spacial score (nSPS) is 17.2. The van der Waals surface area contributed by atoms with Crippen LogP contribution in [-0.4, -0.2) is 99.6 Å². The van der Waals surface area contributed by atoms with Crippen molar-refractivity contribution in [1.29, 1.82) is 5.26 Å². The zero-order chi connectivity index (χ0) is 33.3. The number of rotatable bonds is 9. The Labute approximate surface area is 272 Å². The number of amides is 1. The number of carbonyl (C=O) groups is 1. The van der Waals surface area contributed by atoms with E-state index in [-0.39, 0.29) is 24.0 Å². The minimum atomic E-state index is -4.27. The number of aryl methyl sites for hydroxylation is 1. The Bertz CT molecular complexity index is 1780. The summed E-state index contributed by atoms with van der Waals surface area (Å²) in [7, 11) is 0. The third-order valence-electron chi connectivity index (χ3n) is 9.17. The lowest BCUT2D eigenvalue weighted by Crippen LogP contribution is -2.50. The number of aromatic nitrogens is 3. The molecule has 4 aromatic rings. The van der Waals surface area contributed by atoms with E-state index < -0.39 is 24.9 Å². The molecular weight excluding hydrogens is 639 g/mol. The van der Waals surface area contributed by atoms with E-state index in [0.29, 0.717) is 47.9 Å². The predicted octanol–water partition coefficient (Wildman–Crippen LogP) is 5.42. The van der Waals surface area contributed by atoms with Crippen LogP contribution in [0.5, 0.6) is 0 Å². The van der Waals surface area contributed by atoms with Gasteiger partial charge >= 0.3 is 12.6 Å². The van der Waals surface area contributed by atoms with E-state index >= 15 is 0 Å². The van der Waals surface area contributed by atoms with E-state index in [4.69, 9.17) is 0 Å². The van der Waals surface area contributed by atoms with Gasteiger partial charge in [0.15, 0.2) is 0 Å². The molecule has 47 heavy (non-hydrogen) atoms. The van der Waals surface area contributed by atoms with Crippen molar-refractivity contribution in [3.05, 3.63) is 52.3 Å². The summed E-state index contributed by atoms with van der Waals surface area (Å²) >= 11 is 1.04. The first-order chi connectivity index (χ1) is 22.5. The molecule has 0 aliphatic carbocycles. The van der Waals surface area contributed by atoms with Crippen molar-refractivity contribution in [1.82, 2.24) is 29.2 Å². The van der Waals surface area contributed by atoms with Crippen LogP contribution in [0.25, 0.3) is 21.1 Å². The van der Waals surface area contributed by atoms with Crippen LogP contribution in [-0.2, 0) is 24.3 Å². The van der Waals surface area contributed by atoms with E-state index in [1.54, 1.807) is 0 Å². The van der Waals surface area contributed by atoms with E-state index in [2.05, 4.69) is 50.2 Å². The zero-order valence-electron chi connectivity index (χ0n) is 25.9. The summed E-state index contributed by atoms with van der Waals surface area (Å²) in [6.07, 6.45) is -5.14. The van der Waals surface area contributed by atoms with Crippen LogP contribution in [0.2, 0.25) is 0 Å². The number of benzene rings is 1. The highest BCUT2D eigenvalue weighted by atomic mass is 32.1. The molecule has 250 valence electrons. The monoisotopic (exact) mass is 674 g/mol. The number of hydrogen-bond donors (Lipinski definition) is 1. The summed E-state index contributed by atoms with van der Waals surface area (Å²) in [6.45, 7) is 7.27. The molecule has 0 spiro atoms. The molecular formula is C32H35F5N8OS. The average molecular weight is 675 g/mol. The van der Waals surface area contributed by atoms with Crippen molar-refractivity contribution < 1.29 is 26.7 Å². The van der Waals surface area contributed by atoms with Crippen LogP contribution in [0.4, 0.5) is 27.8 Å². The maximum absolute atomic E-state index is 12.9. The third-order valence-corrected chi connectivity index (χ3v) is 10.2. The third kappa shape index (κ3) is 7.50. The van der Waals surface area contributed by atoms with Gasteiger partial charge in [0, 0.05) is 80.7 Å². The molecule has 0 saturated carbocycles. The Hall–Kier alpha value is -3.87. The second kappa shape index (κ2) is 13.7. The van der Waals surface area contributed by atoms with Gasteiger partial charge in [0.2, 0.25) is 0 Å². The molecule has 9 nitrogen and oxygen atoms in total. The lowest BCUT2D eigenvalue weighted by atomic mass is 10.0. The lowest BCUT2D eigenvalue weighted by Gasteiger charge is -2.34. The van der Waals surface area contributed by atoms with Crippen LogP contribution in [0, 0.1) is 18.3 Å². The zero-order valence-corrected chi connectivity index (χ0v) is 26.7. The first-order valence-electron chi connectivity index (χ1n) is 15.6. The number of carbonyl (C=O) groups excluding carboxylic acids is 1. The molecule has 0 atom stereocenters. The fourth-order valence-electron chi connectivity index (χ4n) is 6.57. The van der Waals surface area contributed by atoms with Gasteiger partial charge in [-0.15, -0.1) is 11.3 Å². The summed E-state index contributed by atoms with van der Waals surface area (Å²) < 4.78 is 66.3. The molecule has 5 heterocycles. The highest BCUT2D eigenvalue weighted by Gasteiger charge is 2.30. The van der Waals surface area contributed by atoms with E-state index in [9.17, 15) is 32.0 Å². The van der Waals surface area contributed by atoms with Gasteiger partial charge in [-0.2, -0.15) is 27.2 Å². The van der Waals surface area contributed by atoms with Crippen LogP contribution < -0.4 is 5.32 Å². The number of nitrogens with one attached hydrogen (secondary N) is 1. The van der Waals surface area contributed by atoms with Crippen molar-refractivity contribution >= 4 is 44.2 Å². The van der Waals surface area contributed by atoms with Gasteiger partial charge in [-0.1, -0.05) is 6.07 Å². The van der Waals surface area contributed by atoms with Gasteiger partial charge in [0.25, 0.3) is 5.91 Å². The smallest absolute Gasteiger partial charge is 0.367 e. The number of nitriles is 1. The fraction of sp³-hybridized carbons (Fsp3) is 0.500. The number of thiophene rings is 1. The molecule has 6 rings (SSSR count). The molecule has 0 radical (unpaired) electrons. The number of anilines is 1. The minimum absolute atomic E-state index is 0.138. The standard InChI is InChI=1S/C32H35F5N8OS/c1-20-21(2-3-27-25(20)14-23(17-38)45(27)13-10-42-8-11-44(12-9-42)31(46)28(33)34)18-43-6-4-22(5-7-43)41-29-26-15-24(16-32(35,36)37)47-30(26)40-19-39-29/h2-3,14-15,19,22,28H,4-13,16,18H2,1H3,(H,39,40,41). The summed E-state index contributed by atoms with van der Waals surface area (Å²) in [5.41, 5.74) is 3.83. The summed E-state index contributed by atoms with van der Waals surface area (Å²) in [4.78, 5) is 26.6. The predicted molar refractivity (Wildman–Crippen MR) is 170 cm³/mol. The number of nitrogens with zero attached hydrogens (tertiary/aromatic N) is 7. The van der Waals surface area contributed by atoms with Gasteiger partial charge in [-0.05, 0) is 49.1 Å². The van der Waals surface area contributed by atoms with Crippen molar-refractivity contribution in [3.63, 3.8) is 0 Å². The number of fused-ring (bicyclic) bond motifs is 2. The largest absolute Gasteiger partial charge is 0.393 e. The molecule has 0 bridgehead atoms. The highest BCUT2D eigenvalue weighted by Crippen LogP contribution is 2.33. The van der Waals surface area contributed by atoms with Crippen molar-refractivity contribution in [2.75, 3.05) is 51.1 Å². The SMILES string of the molecule is Cc1c(CN2CCC(Nc3ncnc4sc(CC(F)(F)F)cc34)CC2)ccc2c1cc(C#N)n2CCN1CCN(C(=O)C(F)F)CC1. The van der Waals surface area contributed by atoms with Gasteiger partial charge < -0.3 is 14.8 Å². The maximum Gasteiger partial charge on any atom is 0.393 e. The van der Waals surface area contributed by atoms with Crippen LogP contribution in [0.1, 0.15) is 34.5 Å². The molecule has 1 aromatic carbocycles. The Morgan fingerprint density at radius 1 is 1.04 bits per heavy atom. The minimum Gasteiger partial charge on any atom is -0.367 e. The first kappa shape index (κ1) is 33.0. The maximum atomic E-state index is 12.9. The fourth-order valence-corrected chi connectivity index (χ4v) is 7.60. The Morgan fingerprint density at radius 2 is 1.79 bits per heavy atom. The molecule has 3 aromatic heterocycles. The van der Waals surface area contributed by atoms with E-state index in [0.717, 1.165) is 60.3 Å². The molecule has 15 heteroatoms. The lowest BCUT2D eigenvalue weighted by molar-refractivity contribution is -0.144. The quantitative estimate of drug-likeness (QED) is 0.237. The average Bonchev–Trinajstić information content (AvgIpc) is 3.62. The summed E-state index contributed by atoms with van der Waals surface area (Å²) in [6, 6.07) is 10.1. The van der Waals surface area contributed by atoms with Crippen molar-refractivity contribution in [2.45, 2.75) is 57.9 Å². The molecule has 1 N–H and O–H groups in total. The first-order valence-corrected chi connectivity index (χ1v) is 16.4. The van der Waals surface area contributed by atoms with Gasteiger partial charge in [0.05, 0.1) is 11.8 Å². The Kier molecular flexibility index (Phi) is 9.63. The summed E-state index contributed by atoms with van der Waals surface area (Å²) in [5, 5.41) is 15.0. The second-order valence-corrected chi connectivity index (χ2v) is 13.3. The van der Waals surface area contributed by atoms with Crippen LogP contribution in [0.3, 0.4) is 0 Å². The molecule has 2 saturated heterocycles. The Balaban J connectivity index is 1.05. The number of hydrogen-bond acceptors (Lipinski definition) is 8. The number of likely N-dealkylation sites (tertiary alicyclic amines) is 1. The molecule has 2 fully saturated rings. The number of piperidine rings is 1. The van der Waals surface area contributed by atoms with Crippen molar-refractivity contribution in [3.8, 4) is 6.07 Å². The highest BCUT2D eigenvalue weighted by molar-refractivity contribution is 7.18. The van der Waals surface area contributed by atoms with E-state index in [1.165, 1.54) is 22.9 Å². The number of alkyl halides is 5. The van der Waals surface area contributed by atoms with Gasteiger partial charge in [-0.25, -0.2) is 9.97 Å². The van der Waals surface area contributed by atoms with Gasteiger partial charge in [0.1, 0.15) is 28.7 Å².